The van der Waals surface area contributed by atoms with Crippen molar-refractivity contribution in [3.8, 4) is 0 Å². The molecule has 0 aliphatic rings. The molecule has 0 aliphatic carbocycles. The number of anilines is 1. The molecule has 6 heteroatoms. The van der Waals surface area contributed by atoms with Gasteiger partial charge in [0.15, 0.2) is 0 Å². The van der Waals surface area contributed by atoms with E-state index in [1.54, 1.807) is 12.4 Å². The zero-order chi connectivity index (χ0) is 14.7. The summed E-state index contributed by atoms with van der Waals surface area (Å²) in [5.74, 6) is 0.214. The second-order valence-corrected chi connectivity index (χ2v) is 5.66. The largest absolute Gasteiger partial charge is 0.387 e. The van der Waals surface area contributed by atoms with Crippen molar-refractivity contribution in [1.29, 1.82) is 5.41 Å². The van der Waals surface area contributed by atoms with Gasteiger partial charge in [-0.3, -0.25) is 15.4 Å². The molecule has 1 unspecified atom stereocenters. The van der Waals surface area contributed by atoms with Crippen molar-refractivity contribution in [2.45, 2.75) is 13.8 Å². The SMILES string of the molecule is CCN(CC(C)C(=N)N)c1ccnc2cc(Br)cnc12. The number of fused-ring (bicyclic) bond motifs is 1. The van der Waals surface area contributed by atoms with Crippen LogP contribution in [0.15, 0.2) is 29.0 Å². The Morgan fingerprint density at radius 1 is 1.50 bits per heavy atom. The van der Waals surface area contributed by atoms with E-state index in [-0.39, 0.29) is 11.8 Å². The molecule has 0 saturated heterocycles. The van der Waals surface area contributed by atoms with Gasteiger partial charge in [0, 0.05) is 35.9 Å². The van der Waals surface area contributed by atoms with E-state index in [4.69, 9.17) is 11.1 Å². The molecule has 5 nitrogen and oxygen atoms in total. The smallest absolute Gasteiger partial charge is 0.112 e. The molecule has 0 aliphatic heterocycles. The molecular formula is C14H18BrN5. The third-order valence-electron chi connectivity index (χ3n) is 3.27. The summed E-state index contributed by atoms with van der Waals surface area (Å²) in [4.78, 5) is 11.0. The van der Waals surface area contributed by atoms with Crippen LogP contribution in [-0.2, 0) is 0 Å². The average Bonchev–Trinajstić information content (AvgIpc) is 2.43. The average molecular weight is 336 g/mol. The van der Waals surface area contributed by atoms with Crippen molar-refractivity contribution in [2.75, 3.05) is 18.0 Å². The number of aromatic nitrogens is 2. The Balaban J connectivity index is 2.41. The Morgan fingerprint density at radius 3 is 2.90 bits per heavy atom. The molecule has 0 bridgehead atoms. The van der Waals surface area contributed by atoms with Crippen molar-refractivity contribution in [3.05, 3.63) is 29.0 Å². The lowest BCUT2D eigenvalue weighted by Gasteiger charge is -2.26. The Kier molecular flexibility index (Phi) is 4.54. The summed E-state index contributed by atoms with van der Waals surface area (Å²) in [5, 5.41) is 7.54. The lowest BCUT2D eigenvalue weighted by Crippen LogP contribution is -2.34. The van der Waals surface area contributed by atoms with Crippen LogP contribution in [0.3, 0.4) is 0 Å². The molecule has 2 aromatic rings. The summed E-state index contributed by atoms with van der Waals surface area (Å²) in [6.07, 6.45) is 3.56. The summed E-state index contributed by atoms with van der Waals surface area (Å²) in [6, 6.07) is 3.91. The number of nitrogens with zero attached hydrogens (tertiary/aromatic N) is 3. The van der Waals surface area contributed by atoms with Gasteiger partial charge in [0.05, 0.1) is 17.0 Å². The van der Waals surface area contributed by atoms with Crippen LogP contribution in [0.2, 0.25) is 0 Å². The van der Waals surface area contributed by atoms with Crippen LogP contribution in [0.25, 0.3) is 11.0 Å². The van der Waals surface area contributed by atoms with Gasteiger partial charge in [-0.15, -0.1) is 0 Å². The van der Waals surface area contributed by atoms with Gasteiger partial charge in [-0.1, -0.05) is 6.92 Å². The molecule has 1 atom stereocenters. The Labute approximate surface area is 126 Å². The van der Waals surface area contributed by atoms with E-state index in [1.807, 2.05) is 19.1 Å². The van der Waals surface area contributed by atoms with Gasteiger partial charge in [0.2, 0.25) is 0 Å². The quantitative estimate of drug-likeness (QED) is 0.650. The first kappa shape index (κ1) is 14.7. The van der Waals surface area contributed by atoms with Crippen LogP contribution in [0.4, 0.5) is 5.69 Å². The van der Waals surface area contributed by atoms with E-state index in [9.17, 15) is 0 Å². The van der Waals surface area contributed by atoms with Crippen LogP contribution in [0.5, 0.6) is 0 Å². The summed E-state index contributed by atoms with van der Waals surface area (Å²) in [5.41, 5.74) is 8.32. The molecule has 2 aromatic heterocycles. The molecule has 2 heterocycles. The van der Waals surface area contributed by atoms with Gasteiger partial charge < -0.3 is 10.6 Å². The minimum Gasteiger partial charge on any atom is -0.387 e. The molecule has 20 heavy (non-hydrogen) atoms. The third-order valence-corrected chi connectivity index (χ3v) is 3.70. The number of nitrogens with one attached hydrogen (secondary N) is 1. The first-order chi connectivity index (χ1) is 9.52. The number of rotatable bonds is 5. The Bertz CT molecular complexity index is 628. The molecule has 106 valence electrons. The maximum atomic E-state index is 7.54. The normalized spacial score (nSPS) is 12.3. The fourth-order valence-electron chi connectivity index (χ4n) is 2.07. The molecule has 0 aromatic carbocycles. The van der Waals surface area contributed by atoms with Gasteiger partial charge in [0.1, 0.15) is 5.52 Å². The highest BCUT2D eigenvalue weighted by Gasteiger charge is 2.15. The number of hydrogen-bond acceptors (Lipinski definition) is 4. The molecule has 0 radical (unpaired) electrons. The van der Waals surface area contributed by atoms with Crippen LogP contribution in [-0.4, -0.2) is 28.9 Å². The summed E-state index contributed by atoms with van der Waals surface area (Å²) in [6.45, 7) is 5.56. The fraction of sp³-hybridized carbons (Fsp3) is 0.357. The summed E-state index contributed by atoms with van der Waals surface area (Å²) in [7, 11) is 0. The van der Waals surface area contributed by atoms with Crippen molar-refractivity contribution in [2.24, 2.45) is 11.7 Å². The number of nitrogens with two attached hydrogens (primary N) is 1. The zero-order valence-corrected chi connectivity index (χ0v) is 13.2. The van der Waals surface area contributed by atoms with Gasteiger partial charge in [0.25, 0.3) is 0 Å². The van der Waals surface area contributed by atoms with E-state index in [0.29, 0.717) is 6.54 Å². The van der Waals surface area contributed by atoms with E-state index in [0.717, 1.165) is 27.7 Å². The summed E-state index contributed by atoms with van der Waals surface area (Å²) >= 11 is 3.41. The van der Waals surface area contributed by atoms with E-state index < -0.39 is 0 Å². The molecule has 3 N–H and O–H groups in total. The fourth-order valence-corrected chi connectivity index (χ4v) is 2.39. The van der Waals surface area contributed by atoms with Crippen molar-refractivity contribution in [3.63, 3.8) is 0 Å². The van der Waals surface area contributed by atoms with Gasteiger partial charge >= 0.3 is 0 Å². The predicted molar refractivity (Wildman–Crippen MR) is 86.2 cm³/mol. The molecule has 0 amide bonds. The van der Waals surface area contributed by atoms with Crippen LogP contribution in [0.1, 0.15) is 13.8 Å². The minimum absolute atomic E-state index is 0.00798. The van der Waals surface area contributed by atoms with Crippen molar-refractivity contribution in [1.82, 2.24) is 9.97 Å². The Morgan fingerprint density at radius 2 is 2.25 bits per heavy atom. The standard InChI is InChI=1S/C14H18BrN5/c1-3-20(8-9(2)14(16)17)12-4-5-18-11-6-10(15)7-19-13(11)12/h4-7,9H,3,8H2,1-2H3,(H3,16,17). The maximum Gasteiger partial charge on any atom is 0.112 e. The van der Waals surface area contributed by atoms with Gasteiger partial charge in [-0.2, -0.15) is 0 Å². The second kappa shape index (κ2) is 6.17. The van der Waals surface area contributed by atoms with Crippen LogP contribution < -0.4 is 10.6 Å². The summed E-state index contributed by atoms with van der Waals surface area (Å²) < 4.78 is 0.912. The molecule has 2 rings (SSSR count). The number of amidine groups is 1. The lowest BCUT2D eigenvalue weighted by molar-refractivity contribution is 0.698. The minimum atomic E-state index is 0.00798. The van der Waals surface area contributed by atoms with Crippen LogP contribution >= 0.6 is 15.9 Å². The molecule has 0 fully saturated rings. The molecule has 0 spiro atoms. The topological polar surface area (TPSA) is 78.9 Å². The van der Waals surface area contributed by atoms with Crippen LogP contribution in [0, 0.1) is 11.3 Å². The molecule has 0 saturated carbocycles. The Hall–Kier alpha value is -1.69. The van der Waals surface area contributed by atoms with E-state index in [2.05, 4.69) is 37.7 Å². The third kappa shape index (κ3) is 3.07. The highest BCUT2D eigenvalue weighted by molar-refractivity contribution is 9.10. The monoisotopic (exact) mass is 335 g/mol. The van der Waals surface area contributed by atoms with Crippen molar-refractivity contribution >= 4 is 38.5 Å². The highest BCUT2D eigenvalue weighted by Crippen LogP contribution is 2.25. The second-order valence-electron chi connectivity index (χ2n) is 4.75. The lowest BCUT2D eigenvalue weighted by atomic mass is 10.1. The highest BCUT2D eigenvalue weighted by atomic mass is 79.9. The zero-order valence-electron chi connectivity index (χ0n) is 11.6. The van der Waals surface area contributed by atoms with Gasteiger partial charge in [-0.25, -0.2) is 0 Å². The maximum absolute atomic E-state index is 7.54. The number of halogens is 1. The number of hydrogen-bond donors (Lipinski definition) is 2. The van der Waals surface area contributed by atoms with Crippen molar-refractivity contribution < 1.29 is 0 Å². The predicted octanol–water partition coefficient (Wildman–Crippen LogP) is 2.79. The first-order valence-corrected chi connectivity index (χ1v) is 7.31. The van der Waals surface area contributed by atoms with E-state index in [1.165, 1.54) is 0 Å². The molecular weight excluding hydrogens is 318 g/mol. The van der Waals surface area contributed by atoms with Gasteiger partial charge in [-0.05, 0) is 35.0 Å². The number of pyridine rings is 2. The van der Waals surface area contributed by atoms with E-state index >= 15 is 0 Å². The first-order valence-electron chi connectivity index (χ1n) is 6.52.